The Morgan fingerprint density at radius 1 is 0.648 bits per heavy atom. The fraction of sp³-hybridized carbons (Fsp3) is 0.844. The van der Waals surface area contributed by atoms with Crippen molar-refractivity contribution in [1.29, 1.82) is 0 Å². The van der Waals surface area contributed by atoms with Crippen molar-refractivity contribution >= 4 is 13.7 Å². The van der Waals surface area contributed by atoms with Crippen molar-refractivity contribution in [3.8, 4) is 0 Å². The molecule has 0 rings (SSSR count). The first-order valence-electron chi connectivity index (χ1n) is 22.4. The normalized spacial score (nSPS) is 14.7. The summed E-state index contributed by atoms with van der Waals surface area (Å²) in [5, 5.41) is 13.7. The molecular formula is C45H87N2O6P. The number of phosphoric acid groups is 1. The molecule has 8 nitrogen and oxygen atoms in total. The maximum atomic E-state index is 12.8. The average Bonchev–Trinajstić information content (AvgIpc) is 3.12. The third-order valence-electron chi connectivity index (χ3n) is 9.86. The first-order chi connectivity index (χ1) is 26.0. The maximum Gasteiger partial charge on any atom is 0.268 e. The monoisotopic (exact) mass is 783 g/mol. The molecule has 0 fully saturated rings. The predicted octanol–water partition coefficient (Wildman–Crippen LogP) is 11.7. The summed E-state index contributed by atoms with van der Waals surface area (Å²) in [6.07, 6.45) is 44.9. The summed E-state index contributed by atoms with van der Waals surface area (Å²) in [6, 6.07) is -0.914. The number of nitrogens with one attached hydrogen (secondary N) is 1. The fourth-order valence-corrected chi connectivity index (χ4v) is 6.98. The lowest BCUT2D eigenvalue weighted by Gasteiger charge is -2.29. The molecule has 0 aliphatic rings. The highest BCUT2D eigenvalue weighted by molar-refractivity contribution is 7.45. The molecule has 0 radical (unpaired) electrons. The predicted molar refractivity (Wildman–Crippen MR) is 228 cm³/mol. The van der Waals surface area contributed by atoms with Crippen LogP contribution in [-0.2, 0) is 18.4 Å². The number of hydrogen-bond acceptors (Lipinski definition) is 6. The SMILES string of the molecule is CCCCCCCC/C=C\C/C=C\CCC(=O)NC(COP(=O)([O-])OCC[N+](C)(C)C)C(O)/C=C/CCCCCCCCCCCCCCCCCCC. The van der Waals surface area contributed by atoms with Gasteiger partial charge >= 0.3 is 0 Å². The van der Waals surface area contributed by atoms with Crippen molar-refractivity contribution in [2.75, 3.05) is 40.9 Å². The minimum Gasteiger partial charge on any atom is -0.756 e. The molecular weight excluding hydrogens is 695 g/mol. The Hall–Kier alpha value is -1.28. The van der Waals surface area contributed by atoms with E-state index in [0.29, 0.717) is 17.4 Å². The zero-order chi connectivity index (χ0) is 40.0. The van der Waals surface area contributed by atoms with Gasteiger partial charge in [0, 0.05) is 6.42 Å². The topological polar surface area (TPSA) is 108 Å². The van der Waals surface area contributed by atoms with E-state index in [9.17, 15) is 19.4 Å². The van der Waals surface area contributed by atoms with Gasteiger partial charge in [0.15, 0.2) is 0 Å². The van der Waals surface area contributed by atoms with E-state index in [-0.39, 0.29) is 18.9 Å². The molecule has 3 unspecified atom stereocenters. The Morgan fingerprint density at radius 2 is 1.07 bits per heavy atom. The Kier molecular flexibility index (Phi) is 36.4. The third-order valence-corrected chi connectivity index (χ3v) is 10.8. The van der Waals surface area contributed by atoms with Gasteiger partial charge in [-0.2, -0.15) is 0 Å². The molecule has 0 heterocycles. The number of amides is 1. The number of phosphoric ester groups is 1. The van der Waals surface area contributed by atoms with Crippen LogP contribution >= 0.6 is 7.82 Å². The van der Waals surface area contributed by atoms with Gasteiger partial charge in [-0.3, -0.25) is 9.36 Å². The summed E-state index contributed by atoms with van der Waals surface area (Å²) in [5.74, 6) is -0.265. The molecule has 0 aliphatic heterocycles. The van der Waals surface area contributed by atoms with Gasteiger partial charge in [-0.25, -0.2) is 0 Å². The number of quaternary nitrogens is 1. The molecule has 0 bridgehead atoms. The fourth-order valence-electron chi connectivity index (χ4n) is 6.26. The average molecular weight is 783 g/mol. The Labute approximate surface area is 334 Å². The van der Waals surface area contributed by atoms with Gasteiger partial charge in [-0.15, -0.1) is 0 Å². The zero-order valence-corrected chi connectivity index (χ0v) is 36.8. The Morgan fingerprint density at radius 3 is 1.54 bits per heavy atom. The van der Waals surface area contributed by atoms with Gasteiger partial charge in [0.05, 0.1) is 39.9 Å². The molecule has 318 valence electrons. The number of nitrogens with zero attached hydrogens (tertiary/aromatic N) is 1. The maximum absolute atomic E-state index is 12.8. The lowest BCUT2D eigenvalue weighted by Crippen LogP contribution is -2.45. The van der Waals surface area contributed by atoms with Gasteiger partial charge in [-0.05, 0) is 38.5 Å². The second-order valence-electron chi connectivity index (χ2n) is 16.4. The largest absolute Gasteiger partial charge is 0.756 e. The van der Waals surface area contributed by atoms with Crippen molar-refractivity contribution in [1.82, 2.24) is 5.32 Å². The van der Waals surface area contributed by atoms with Gasteiger partial charge in [0.1, 0.15) is 13.2 Å². The minimum atomic E-state index is -4.60. The third kappa shape index (κ3) is 39.0. The van der Waals surface area contributed by atoms with Gasteiger partial charge in [-0.1, -0.05) is 185 Å². The van der Waals surface area contributed by atoms with Crippen LogP contribution in [0.4, 0.5) is 0 Å². The number of allylic oxidation sites excluding steroid dienone is 5. The number of likely N-dealkylation sites (N-methyl/N-ethyl adjacent to an activating group) is 1. The lowest BCUT2D eigenvalue weighted by atomic mass is 10.0. The number of aliphatic hydroxyl groups is 1. The molecule has 2 N–H and O–H groups in total. The molecule has 9 heteroatoms. The summed E-state index contributed by atoms with van der Waals surface area (Å²) in [7, 11) is 1.23. The second kappa shape index (κ2) is 37.3. The lowest BCUT2D eigenvalue weighted by molar-refractivity contribution is -0.870. The molecule has 0 aliphatic carbocycles. The number of hydrogen-bond donors (Lipinski definition) is 2. The number of carbonyl (C=O) groups is 1. The van der Waals surface area contributed by atoms with E-state index in [1.165, 1.54) is 135 Å². The van der Waals surface area contributed by atoms with Crippen LogP contribution in [0.3, 0.4) is 0 Å². The van der Waals surface area contributed by atoms with E-state index in [1.54, 1.807) is 6.08 Å². The smallest absolute Gasteiger partial charge is 0.268 e. The molecule has 0 aromatic carbocycles. The first-order valence-corrected chi connectivity index (χ1v) is 23.8. The van der Waals surface area contributed by atoms with Crippen molar-refractivity contribution in [3.63, 3.8) is 0 Å². The van der Waals surface area contributed by atoms with Crippen LogP contribution in [0, 0.1) is 0 Å². The Bertz CT molecular complexity index is 980. The van der Waals surface area contributed by atoms with Crippen molar-refractivity contribution in [3.05, 3.63) is 36.5 Å². The number of aliphatic hydroxyl groups excluding tert-OH is 1. The summed E-state index contributed by atoms with van der Waals surface area (Å²) in [4.78, 5) is 25.2. The zero-order valence-electron chi connectivity index (χ0n) is 35.9. The van der Waals surface area contributed by atoms with Crippen LogP contribution in [-0.4, -0.2) is 68.5 Å². The standard InChI is InChI=1S/C45H87N2O6P/c1-6-8-10-12-14-16-18-20-21-22-23-24-25-27-28-30-32-34-36-38-44(48)43(42-53-54(50,51)52-41-40-47(3,4)5)46-45(49)39-37-35-33-31-29-26-19-17-15-13-11-9-7-2/h26,29,33,35-36,38,43-44,48H,6-25,27-28,30-32,34,37,39-42H2,1-5H3,(H-,46,49,50,51)/b29-26-,35-33-,38-36+. The molecule has 0 saturated heterocycles. The van der Waals surface area contributed by atoms with Crippen LogP contribution in [0.1, 0.15) is 194 Å². The molecule has 0 spiro atoms. The van der Waals surface area contributed by atoms with Gasteiger partial charge < -0.3 is 28.8 Å². The highest BCUT2D eigenvalue weighted by atomic mass is 31.2. The second-order valence-corrected chi connectivity index (χ2v) is 17.8. The summed E-state index contributed by atoms with van der Waals surface area (Å²) in [6.45, 7) is 4.59. The van der Waals surface area contributed by atoms with Crippen LogP contribution in [0.15, 0.2) is 36.5 Å². The number of rotatable bonds is 40. The summed E-state index contributed by atoms with van der Waals surface area (Å²) >= 11 is 0. The quantitative estimate of drug-likeness (QED) is 0.0277. The Balaban J connectivity index is 4.47. The van der Waals surface area contributed by atoms with E-state index in [2.05, 4.69) is 37.4 Å². The molecule has 3 atom stereocenters. The van der Waals surface area contributed by atoms with Gasteiger partial charge in [0.2, 0.25) is 5.91 Å². The van der Waals surface area contributed by atoms with E-state index in [1.807, 2.05) is 33.3 Å². The summed E-state index contributed by atoms with van der Waals surface area (Å²) in [5.41, 5.74) is 0. The van der Waals surface area contributed by atoms with E-state index in [4.69, 9.17) is 9.05 Å². The highest BCUT2D eigenvalue weighted by Crippen LogP contribution is 2.38. The summed E-state index contributed by atoms with van der Waals surface area (Å²) < 4.78 is 23.1. The van der Waals surface area contributed by atoms with Crippen molar-refractivity contribution in [2.24, 2.45) is 0 Å². The molecule has 0 saturated carbocycles. The van der Waals surface area contributed by atoms with Gasteiger partial charge in [0.25, 0.3) is 7.82 Å². The number of unbranched alkanes of at least 4 members (excludes halogenated alkanes) is 23. The highest BCUT2D eigenvalue weighted by Gasteiger charge is 2.23. The molecule has 54 heavy (non-hydrogen) atoms. The molecule has 0 aromatic rings. The van der Waals surface area contributed by atoms with Crippen LogP contribution < -0.4 is 10.2 Å². The van der Waals surface area contributed by atoms with E-state index < -0.39 is 26.6 Å². The van der Waals surface area contributed by atoms with Crippen molar-refractivity contribution < 1.29 is 32.9 Å². The van der Waals surface area contributed by atoms with Crippen LogP contribution in [0.25, 0.3) is 0 Å². The van der Waals surface area contributed by atoms with Crippen LogP contribution in [0.2, 0.25) is 0 Å². The van der Waals surface area contributed by atoms with Crippen LogP contribution in [0.5, 0.6) is 0 Å². The van der Waals surface area contributed by atoms with E-state index in [0.717, 1.165) is 32.1 Å². The number of carbonyl (C=O) groups excluding carboxylic acids is 1. The first kappa shape index (κ1) is 52.7. The molecule has 1 amide bonds. The minimum absolute atomic E-state index is 0.0102. The molecule has 0 aromatic heterocycles. The van der Waals surface area contributed by atoms with Crippen molar-refractivity contribution in [2.45, 2.75) is 206 Å². The van der Waals surface area contributed by atoms with E-state index >= 15 is 0 Å².